The summed E-state index contributed by atoms with van der Waals surface area (Å²) in [6.45, 7) is 8.75. The molecule has 0 saturated carbocycles. The first-order chi connectivity index (χ1) is 13.1. The zero-order chi connectivity index (χ0) is 18.8. The summed E-state index contributed by atoms with van der Waals surface area (Å²) < 4.78 is 14.6. The molecule has 2 aromatic rings. The zero-order valence-electron chi connectivity index (χ0n) is 16.5. The molecule has 2 aliphatic heterocycles. The van der Waals surface area contributed by atoms with Crippen molar-refractivity contribution in [1.82, 2.24) is 9.88 Å². The van der Waals surface area contributed by atoms with Crippen LogP contribution in [0.2, 0.25) is 0 Å². The van der Waals surface area contributed by atoms with Gasteiger partial charge in [0.15, 0.2) is 0 Å². The summed E-state index contributed by atoms with van der Waals surface area (Å²) in [5.41, 5.74) is 3.81. The number of piperidine rings is 1. The van der Waals surface area contributed by atoms with Crippen LogP contribution in [0, 0.1) is 5.82 Å². The molecule has 0 radical (unpaired) electrons. The van der Waals surface area contributed by atoms with Gasteiger partial charge < -0.3 is 9.80 Å². The molecule has 0 bridgehead atoms. The molecule has 2 fully saturated rings. The lowest BCUT2D eigenvalue weighted by atomic mass is 9.92. The van der Waals surface area contributed by atoms with E-state index in [1.165, 1.54) is 18.5 Å². The predicted octanol–water partition coefficient (Wildman–Crippen LogP) is 5.08. The van der Waals surface area contributed by atoms with Crippen LogP contribution in [0.3, 0.4) is 0 Å². The van der Waals surface area contributed by atoms with Gasteiger partial charge in [0.1, 0.15) is 5.82 Å². The average Bonchev–Trinajstić information content (AvgIpc) is 3.22. The number of likely N-dealkylation sites (tertiary alicyclic amines) is 1. The lowest BCUT2D eigenvalue weighted by Gasteiger charge is -2.34. The van der Waals surface area contributed by atoms with E-state index in [-0.39, 0.29) is 5.82 Å². The Morgan fingerprint density at radius 1 is 0.963 bits per heavy atom. The number of hydrogen-bond donors (Lipinski definition) is 0. The Morgan fingerprint density at radius 2 is 1.67 bits per heavy atom. The summed E-state index contributed by atoms with van der Waals surface area (Å²) in [5.74, 6) is 0.419. The average molecular weight is 368 g/mol. The largest absolute Gasteiger partial charge is 0.369 e. The molecule has 2 saturated heterocycles. The van der Waals surface area contributed by atoms with Crippen LogP contribution in [0.5, 0.6) is 0 Å². The molecule has 27 heavy (non-hydrogen) atoms. The lowest BCUT2D eigenvalue weighted by Crippen LogP contribution is -2.37. The molecule has 1 aromatic carbocycles. The van der Waals surface area contributed by atoms with E-state index in [0.29, 0.717) is 12.0 Å². The monoisotopic (exact) mass is 367 g/mol. The maximum Gasteiger partial charge on any atom is 0.147 e. The lowest BCUT2D eigenvalue weighted by molar-refractivity contribution is 0.171. The fourth-order valence-corrected chi connectivity index (χ4v) is 4.43. The Bertz CT molecular complexity index is 758. The van der Waals surface area contributed by atoms with Gasteiger partial charge in [0.05, 0.1) is 5.69 Å². The molecule has 0 amide bonds. The number of hydrogen-bond acceptors (Lipinski definition) is 3. The molecule has 0 aliphatic carbocycles. The van der Waals surface area contributed by atoms with Crippen molar-refractivity contribution >= 4 is 5.69 Å². The smallest absolute Gasteiger partial charge is 0.147 e. The van der Waals surface area contributed by atoms with E-state index in [2.05, 4.69) is 35.8 Å². The molecule has 144 valence electrons. The third kappa shape index (κ3) is 4.01. The maximum absolute atomic E-state index is 14.6. The Hall–Kier alpha value is -1.94. The zero-order valence-corrected chi connectivity index (χ0v) is 16.5. The quantitative estimate of drug-likeness (QED) is 0.751. The molecule has 1 aromatic heterocycles. The van der Waals surface area contributed by atoms with Gasteiger partial charge in [-0.1, -0.05) is 12.1 Å². The van der Waals surface area contributed by atoms with Crippen LogP contribution in [0.4, 0.5) is 10.1 Å². The minimum Gasteiger partial charge on any atom is -0.369 e. The summed E-state index contributed by atoms with van der Waals surface area (Å²) in [7, 11) is 0. The highest BCUT2D eigenvalue weighted by Gasteiger charge is 2.23. The van der Waals surface area contributed by atoms with Gasteiger partial charge in [-0.2, -0.15) is 0 Å². The normalized spacial score (nSPS) is 19.2. The van der Waals surface area contributed by atoms with Crippen LogP contribution in [-0.2, 0) is 0 Å². The van der Waals surface area contributed by atoms with Gasteiger partial charge in [0.25, 0.3) is 0 Å². The van der Waals surface area contributed by atoms with Gasteiger partial charge in [-0.25, -0.2) is 4.39 Å². The number of aromatic nitrogens is 1. The molecule has 0 unspecified atom stereocenters. The molecule has 4 rings (SSSR count). The number of pyridine rings is 1. The van der Waals surface area contributed by atoms with Crippen LogP contribution < -0.4 is 4.90 Å². The molecule has 4 heteroatoms. The van der Waals surface area contributed by atoms with Crippen LogP contribution in [0.25, 0.3) is 11.1 Å². The van der Waals surface area contributed by atoms with E-state index >= 15 is 0 Å². The van der Waals surface area contributed by atoms with Gasteiger partial charge in [-0.3, -0.25) is 4.98 Å². The maximum atomic E-state index is 14.6. The third-order valence-electron chi connectivity index (χ3n) is 6.19. The highest BCUT2D eigenvalue weighted by Crippen LogP contribution is 2.31. The van der Waals surface area contributed by atoms with Crippen LogP contribution >= 0.6 is 0 Å². The molecule has 0 spiro atoms. The first-order valence-corrected chi connectivity index (χ1v) is 10.4. The number of benzene rings is 1. The summed E-state index contributed by atoms with van der Waals surface area (Å²) in [5, 5.41) is 0. The van der Waals surface area contributed by atoms with Crippen molar-refractivity contribution in [1.29, 1.82) is 0 Å². The molecule has 2 aliphatic rings. The van der Waals surface area contributed by atoms with Gasteiger partial charge in [-0.05, 0) is 76.4 Å². The second-order valence-corrected chi connectivity index (χ2v) is 8.24. The third-order valence-corrected chi connectivity index (χ3v) is 6.19. The van der Waals surface area contributed by atoms with E-state index in [1.807, 2.05) is 18.3 Å². The first-order valence-electron chi connectivity index (χ1n) is 10.4. The predicted molar refractivity (Wildman–Crippen MR) is 110 cm³/mol. The number of rotatable bonds is 4. The highest BCUT2D eigenvalue weighted by atomic mass is 19.1. The van der Waals surface area contributed by atoms with Gasteiger partial charge in [0.2, 0.25) is 0 Å². The van der Waals surface area contributed by atoms with Gasteiger partial charge in [-0.15, -0.1) is 0 Å². The summed E-state index contributed by atoms with van der Waals surface area (Å²) in [4.78, 5) is 9.41. The van der Waals surface area contributed by atoms with Crippen molar-refractivity contribution in [3.63, 3.8) is 0 Å². The fraction of sp³-hybridized carbons (Fsp3) is 0.522. The number of anilines is 1. The van der Waals surface area contributed by atoms with E-state index in [9.17, 15) is 4.39 Å². The molecule has 3 nitrogen and oxygen atoms in total. The van der Waals surface area contributed by atoms with Crippen molar-refractivity contribution in [3.8, 4) is 11.1 Å². The SMILES string of the molecule is CC(C)N1CCC(c2ccc(-c3ccc(N4CCCC4)c(F)c3)cn2)CC1. The summed E-state index contributed by atoms with van der Waals surface area (Å²) in [6, 6.07) is 10.5. The van der Waals surface area contributed by atoms with Crippen molar-refractivity contribution in [2.75, 3.05) is 31.1 Å². The van der Waals surface area contributed by atoms with Crippen molar-refractivity contribution < 1.29 is 4.39 Å². The second kappa shape index (κ2) is 7.97. The van der Waals surface area contributed by atoms with E-state index in [4.69, 9.17) is 4.98 Å². The topological polar surface area (TPSA) is 19.4 Å². The molecular formula is C23H30FN3. The Balaban J connectivity index is 1.45. The molecule has 3 heterocycles. The summed E-state index contributed by atoms with van der Waals surface area (Å²) >= 11 is 0. The Kier molecular flexibility index (Phi) is 5.44. The van der Waals surface area contributed by atoms with E-state index < -0.39 is 0 Å². The van der Waals surface area contributed by atoms with Crippen LogP contribution in [0.15, 0.2) is 36.5 Å². The Labute approximate surface area is 162 Å². The first kappa shape index (κ1) is 18.4. The van der Waals surface area contributed by atoms with Crippen molar-refractivity contribution in [2.24, 2.45) is 0 Å². The van der Waals surface area contributed by atoms with E-state index in [0.717, 1.165) is 55.8 Å². The minimum absolute atomic E-state index is 0.125. The minimum atomic E-state index is -0.125. The van der Waals surface area contributed by atoms with Gasteiger partial charge >= 0.3 is 0 Å². The number of nitrogens with zero attached hydrogens (tertiary/aromatic N) is 3. The van der Waals surface area contributed by atoms with Crippen LogP contribution in [0.1, 0.15) is 51.1 Å². The second-order valence-electron chi connectivity index (χ2n) is 8.24. The van der Waals surface area contributed by atoms with Crippen molar-refractivity contribution in [3.05, 3.63) is 48.0 Å². The van der Waals surface area contributed by atoms with Crippen molar-refractivity contribution in [2.45, 2.75) is 51.5 Å². The van der Waals surface area contributed by atoms with Crippen LogP contribution in [-0.4, -0.2) is 42.1 Å². The van der Waals surface area contributed by atoms with Gasteiger partial charge in [0, 0.05) is 42.5 Å². The van der Waals surface area contributed by atoms with E-state index in [1.54, 1.807) is 6.07 Å². The molecule has 0 N–H and O–H groups in total. The molecule has 0 atom stereocenters. The number of halogens is 1. The standard InChI is InChI=1S/C23H30FN3/c1-17(2)26-13-9-18(10-14-26)22-7-5-20(16-25-22)19-6-8-23(21(24)15-19)27-11-3-4-12-27/h5-8,15-18H,3-4,9-14H2,1-2H3. The molecular weight excluding hydrogens is 337 g/mol. The fourth-order valence-electron chi connectivity index (χ4n) is 4.43. The Morgan fingerprint density at radius 3 is 2.26 bits per heavy atom. The summed E-state index contributed by atoms with van der Waals surface area (Å²) in [6.07, 6.45) is 6.56. The highest BCUT2D eigenvalue weighted by molar-refractivity contribution is 5.66.